The van der Waals surface area contributed by atoms with Crippen LogP contribution in [0.1, 0.15) is 33.2 Å². The molecule has 1 N–H and O–H groups in total. The van der Waals surface area contributed by atoms with Crippen LogP contribution in [0.4, 0.5) is 10.1 Å². The van der Waals surface area contributed by atoms with Crippen molar-refractivity contribution in [3.8, 4) is 0 Å². The molecule has 2 aromatic carbocycles. The molecular formula is C22H19FN2O4. The third kappa shape index (κ3) is 4.95. The Morgan fingerprint density at radius 3 is 2.62 bits per heavy atom. The molecule has 0 saturated carbocycles. The number of ether oxygens (including phenoxy) is 1. The third-order valence-electron chi connectivity index (χ3n) is 4.16. The Bertz CT molecular complexity index is 1110. The highest BCUT2D eigenvalue weighted by Crippen LogP contribution is 2.17. The number of halogens is 1. The summed E-state index contributed by atoms with van der Waals surface area (Å²) in [6.07, 6.45) is 1.40. The maximum absolute atomic E-state index is 13.4. The van der Waals surface area contributed by atoms with Crippen LogP contribution in [0.2, 0.25) is 0 Å². The standard InChI is InChI=1S/C22H19FN2O4/c1-2-29-22(28)18-8-3-4-9-19(18)24-21(27)16-10-11-20(26)25(14-16)13-15-6-5-7-17(23)12-15/h3-12,14H,2,13H2,1H3,(H,24,27). The second-order valence-corrected chi connectivity index (χ2v) is 6.23. The predicted molar refractivity (Wildman–Crippen MR) is 107 cm³/mol. The molecule has 0 fully saturated rings. The van der Waals surface area contributed by atoms with Crippen LogP contribution in [0.25, 0.3) is 0 Å². The topological polar surface area (TPSA) is 77.4 Å². The molecule has 1 amide bonds. The van der Waals surface area contributed by atoms with Crippen molar-refractivity contribution in [1.29, 1.82) is 0 Å². The lowest BCUT2D eigenvalue weighted by Gasteiger charge is -2.12. The van der Waals surface area contributed by atoms with Gasteiger partial charge in [-0.2, -0.15) is 0 Å². The van der Waals surface area contributed by atoms with Crippen LogP contribution in [0.5, 0.6) is 0 Å². The Balaban J connectivity index is 1.84. The van der Waals surface area contributed by atoms with Gasteiger partial charge < -0.3 is 14.6 Å². The summed E-state index contributed by atoms with van der Waals surface area (Å²) in [5.74, 6) is -1.44. The van der Waals surface area contributed by atoms with Gasteiger partial charge in [0.2, 0.25) is 0 Å². The summed E-state index contributed by atoms with van der Waals surface area (Å²) in [5, 5.41) is 2.67. The number of carbonyl (C=O) groups is 2. The first-order chi connectivity index (χ1) is 14.0. The van der Waals surface area contributed by atoms with Gasteiger partial charge in [-0.3, -0.25) is 9.59 Å². The number of carbonyl (C=O) groups excluding carboxylic acids is 2. The molecule has 0 aliphatic carbocycles. The van der Waals surface area contributed by atoms with E-state index < -0.39 is 17.7 Å². The molecule has 148 valence electrons. The van der Waals surface area contributed by atoms with Gasteiger partial charge in [-0.15, -0.1) is 0 Å². The summed E-state index contributed by atoms with van der Waals surface area (Å²) < 4.78 is 19.7. The summed E-state index contributed by atoms with van der Waals surface area (Å²) in [5.41, 5.74) is 1.03. The molecule has 0 aliphatic heterocycles. The zero-order valence-corrected chi connectivity index (χ0v) is 15.7. The first-order valence-electron chi connectivity index (χ1n) is 9.00. The average molecular weight is 394 g/mol. The van der Waals surface area contributed by atoms with Gasteiger partial charge in [0.05, 0.1) is 30.0 Å². The SMILES string of the molecule is CCOC(=O)c1ccccc1NC(=O)c1ccc(=O)n(Cc2cccc(F)c2)c1. The van der Waals surface area contributed by atoms with Gasteiger partial charge in [-0.05, 0) is 42.8 Å². The lowest BCUT2D eigenvalue weighted by Crippen LogP contribution is -2.23. The minimum Gasteiger partial charge on any atom is -0.462 e. The summed E-state index contributed by atoms with van der Waals surface area (Å²) in [6.45, 7) is 2.03. The lowest BCUT2D eigenvalue weighted by molar-refractivity contribution is 0.0527. The van der Waals surface area contributed by atoms with E-state index >= 15 is 0 Å². The van der Waals surface area contributed by atoms with E-state index in [4.69, 9.17) is 4.74 Å². The quantitative estimate of drug-likeness (QED) is 0.650. The van der Waals surface area contributed by atoms with E-state index in [0.29, 0.717) is 11.3 Å². The van der Waals surface area contributed by atoms with E-state index in [1.807, 2.05) is 0 Å². The number of hydrogen-bond donors (Lipinski definition) is 1. The molecule has 0 spiro atoms. The van der Waals surface area contributed by atoms with Gasteiger partial charge in [0, 0.05) is 12.3 Å². The van der Waals surface area contributed by atoms with Crippen molar-refractivity contribution in [2.75, 3.05) is 11.9 Å². The number of benzene rings is 2. The van der Waals surface area contributed by atoms with Crippen molar-refractivity contribution in [3.05, 3.63) is 99.7 Å². The number of anilines is 1. The van der Waals surface area contributed by atoms with Gasteiger partial charge in [0.1, 0.15) is 5.82 Å². The second kappa shape index (κ2) is 8.97. The van der Waals surface area contributed by atoms with Gasteiger partial charge >= 0.3 is 5.97 Å². The molecule has 1 aromatic heterocycles. The van der Waals surface area contributed by atoms with Crippen LogP contribution in [0.15, 0.2) is 71.7 Å². The average Bonchev–Trinajstić information content (AvgIpc) is 2.70. The Morgan fingerprint density at radius 2 is 1.86 bits per heavy atom. The van der Waals surface area contributed by atoms with Crippen molar-refractivity contribution < 1.29 is 18.7 Å². The third-order valence-corrected chi connectivity index (χ3v) is 4.16. The van der Waals surface area contributed by atoms with Gasteiger partial charge in [-0.1, -0.05) is 24.3 Å². The van der Waals surface area contributed by atoms with E-state index in [-0.39, 0.29) is 29.8 Å². The normalized spacial score (nSPS) is 10.4. The zero-order valence-electron chi connectivity index (χ0n) is 15.7. The number of rotatable bonds is 6. The fourth-order valence-electron chi connectivity index (χ4n) is 2.79. The highest BCUT2D eigenvalue weighted by molar-refractivity contribution is 6.07. The smallest absolute Gasteiger partial charge is 0.340 e. The number of nitrogens with one attached hydrogen (secondary N) is 1. The van der Waals surface area contributed by atoms with Crippen molar-refractivity contribution in [3.63, 3.8) is 0 Å². The molecule has 0 radical (unpaired) electrons. The number of hydrogen-bond acceptors (Lipinski definition) is 4. The second-order valence-electron chi connectivity index (χ2n) is 6.23. The van der Waals surface area contributed by atoms with Crippen LogP contribution in [0.3, 0.4) is 0 Å². The number of pyridine rings is 1. The molecule has 0 atom stereocenters. The first-order valence-corrected chi connectivity index (χ1v) is 9.00. The summed E-state index contributed by atoms with van der Waals surface area (Å²) >= 11 is 0. The number of esters is 1. The lowest BCUT2D eigenvalue weighted by atomic mass is 10.1. The molecule has 29 heavy (non-hydrogen) atoms. The number of aromatic nitrogens is 1. The molecule has 1 heterocycles. The largest absolute Gasteiger partial charge is 0.462 e. The minimum absolute atomic E-state index is 0.122. The van der Waals surface area contributed by atoms with E-state index in [1.54, 1.807) is 43.3 Å². The Labute approximate surface area is 166 Å². The Hall–Kier alpha value is -3.74. The molecule has 6 nitrogen and oxygen atoms in total. The number of para-hydroxylation sites is 1. The van der Waals surface area contributed by atoms with E-state index in [0.717, 1.165) is 0 Å². The summed E-state index contributed by atoms with van der Waals surface area (Å²) in [6, 6.07) is 15.1. The van der Waals surface area contributed by atoms with Gasteiger partial charge in [0.15, 0.2) is 0 Å². The molecule has 0 bridgehead atoms. The molecule has 3 aromatic rings. The van der Waals surface area contributed by atoms with E-state index in [2.05, 4.69) is 5.32 Å². The van der Waals surface area contributed by atoms with Crippen molar-refractivity contribution in [2.45, 2.75) is 13.5 Å². The van der Waals surface area contributed by atoms with Crippen LogP contribution in [0, 0.1) is 5.82 Å². The van der Waals surface area contributed by atoms with Crippen LogP contribution < -0.4 is 10.9 Å². The molecule has 0 unspecified atom stereocenters. The molecule has 3 rings (SSSR count). The summed E-state index contributed by atoms with van der Waals surface area (Å²) in [7, 11) is 0. The molecule has 0 saturated heterocycles. The number of nitrogens with zero attached hydrogens (tertiary/aromatic N) is 1. The van der Waals surface area contributed by atoms with Gasteiger partial charge in [0.25, 0.3) is 11.5 Å². The van der Waals surface area contributed by atoms with Crippen molar-refractivity contribution in [1.82, 2.24) is 4.57 Å². The molecule has 0 aliphatic rings. The maximum atomic E-state index is 13.4. The van der Waals surface area contributed by atoms with Crippen LogP contribution in [-0.2, 0) is 11.3 Å². The van der Waals surface area contributed by atoms with Crippen LogP contribution >= 0.6 is 0 Å². The highest BCUT2D eigenvalue weighted by Gasteiger charge is 2.15. The minimum atomic E-state index is -0.542. The molecular weight excluding hydrogens is 375 g/mol. The molecule has 7 heteroatoms. The monoisotopic (exact) mass is 394 g/mol. The zero-order chi connectivity index (χ0) is 20.8. The first kappa shape index (κ1) is 20.0. The van der Waals surface area contributed by atoms with Crippen LogP contribution in [-0.4, -0.2) is 23.1 Å². The van der Waals surface area contributed by atoms with Crippen molar-refractivity contribution in [2.24, 2.45) is 0 Å². The highest BCUT2D eigenvalue weighted by atomic mass is 19.1. The fourth-order valence-corrected chi connectivity index (χ4v) is 2.79. The fraction of sp³-hybridized carbons (Fsp3) is 0.136. The number of amides is 1. The Kier molecular flexibility index (Phi) is 6.19. The predicted octanol–water partition coefficient (Wildman–Crippen LogP) is 3.46. The van der Waals surface area contributed by atoms with Crippen molar-refractivity contribution >= 4 is 17.6 Å². The Morgan fingerprint density at radius 1 is 1.07 bits per heavy atom. The van der Waals surface area contributed by atoms with Gasteiger partial charge in [-0.25, -0.2) is 9.18 Å². The summed E-state index contributed by atoms with van der Waals surface area (Å²) in [4.78, 5) is 36.9. The maximum Gasteiger partial charge on any atom is 0.340 e. The van der Waals surface area contributed by atoms with E-state index in [9.17, 15) is 18.8 Å². The van der Waals surface area contributed by atoms with E-state index in [1.165, 1.54) is 35.0 Å².